The maximum Gasteiger partial charge on any atom is 0.338 e. The van der Waals surface area contributed by atoms with E-state index in [1.165, 1.54) is 23.8 Å². The van der Waals surface area contributed by atoms with Crippen molar-refractivity contribution in [1.29, 1.82) is 0 Å². The highest BCUT2D eigenvalue weighted by atomic mass is 16.5. The smallest absolute Gasteiger partial charge is 0.338 e. The van der Waals surface area contributed by atoms with Crippen LogP contribution in [0.5, 0.6) is 0 Å². The number of ether oxygens (including phenoxy) is 2. The molecule has 0 radical (unpaired) electrons. The van der Waals surface area contributed by atoms with Crippen LogP contribution in [0.3, 0.4) is 0 Å². The van der Waals surface area contributed by atoms with Gasteiger partial charge in [-0.15, -0.1) is 0 Å². The Morgan fingerprint density at radius 3 is 2.33 bits per heavy atom. The van der Waals surface area contributed by atoms with Crippen molar-refractivity contribution in [2.75, 3.05) is 13.7 Å². The number of fused-ring (bicyclic) bond motifs is 1. The molecular formula is C27H32O3. The number of aryl methyl sites for hydroxylation is 1. The Balaban J connectivity index is 1.57. The Labute approximate surface area is 180 Å². The molecule has 0 N–H and O–H groups in total. The second-order valence-electron chi connectivity index (χ2n) is 8.07. The topological polar surface area (TPSA) is 35.5 Å². The highest BCUT2D eigenvalue weighted by molar-refractivity contribution is 6.00. The molecule has 2 aliphatic rings. The molecule has 1 aromatic carbocycles. The van der Waals surface area contributed by atoms with Gasteiger partial charge in [-0.3, -0.25) is 0 Å². The molecule has 3 nitrogen and oxygen atoms in total. The van der Waals surface area contributed by atoms with Gasteiger partial charge >= 0.3 is 5.97 Å². The lowest BCUT2D eigenvalue weighted by Crippen LogP contribution is -2.00. The SMILES string of the molecule is COC(=O)c1cc(CCCCCOCc2ccccc2)c2ccc(C(C)C)ccc1-2. The number of hydrogen-bond donors (Lipinski definition) is 0. The van der Waals surface area contributed by atoms with E-state index in [0.29, 0.717) is 18.1 Å². The lowest BCUT2D eigenvalue weighted by molar-refractivity contribution is 0.0602. The zero-order chi connectivity index (χ0) is 21.3. The van der Waals surface area contributed by atoms with Gasteiger partial charge in [0.05, 0.1) is 19.3 Å². The summed E-state index contributed by atoms with van der Waals surface area (Å²) in [7, 11) is 1.44. The second kappa shape index (κ2) is 10.9. The standard InChI is InChI=1S/C27H32O3/c1-20(2)22-13-15-24-23(18-26(27(28)29-3)25(24)16-14-22)12-8-5-9-17-30-19-21-10-6-4-7-11-21/h4,6-7,10-11,13-16,18,20H,5,8-9,12,17,19H2,1-3H3. The Hall–Kier alpha value is -2.65. The van der Waals surface area contributed by atoms with Gasteiger partial charge in [0.15, 0.2) is 0 Å². The molecule has 0 aromatic heterocycles. The van der Waals surface area contributed by atoms with E-state index in [0.717, 1.165) is 43.4 Å². The predicted octanol–water partition coefficient (Wildman–Crippen LogP) is 6.63. The molecule has 0 unspecified atom stereocenters. The molecule has 1 aromatic rings. The van der Waals surface area contributed by atoms with E-state index >= 15 is 0 Å². The van der Waals surface area contributed by atoms with Crippen LogP contribution in [0, 0.1) is 0 Å². The van der Waals surface area contributed by atoms with Crippen molar-refractivity contribution in [1.82, 2.24) is 0 Å². The number of unbranched alkanes of at least 4 members (excludes halogenated alkanes) is 2. The molecule has 0 fully saturated rings. The van der Waals surface area contributed by atoms with Crippen LogP contribution >= 0.6 is 0 Å². The minimum absolute atomic E-state index is 0.266. The van der Waals surface area contributed by atoms with Gasteiger partial charge in [0.1, 0.15) is 0 Å². The molecule has 2 aliphatic carbocycles. The van der Waals surface area contributed by atoms with Crippen LogP contribution in [0.15, 0.2) is 60.7 Å². The average Bonchev–Trinajstić information content (AvgIpc) is 2.94. The van der Waals surface area contributed by atoms with E-state index in [1.54, 1.807) is 0 Å². The third kappa shape index (κ3) is 5.70. The first-order chi connectivity index (χ1) is 14.6. The van der Waals surface area contributed by atoms with Crippen molar-refractivity contribution in [3.05, 3.63) is 82.9 Å². The number of benzene rings is 1. The number of esters is 1. The van der Waals surface area contributed by atoms with Gasteiger partial charge in [-0.1, -0.05) is 74.9 Å². The summed E-state index contributed by atoms with van der Waals surface area (Å²) in [6.07, 6.45) is 4.17. The number of rotatable bonds is 10. The van der Waals surface area contributed by atoms with Crippen molar-refractivity contribution in [2.45, 2.75) is 52.1 Å². The van der Waals surface area contributed by atoms with Crippen molar-refractivity contribution < 1.29 is 14.3 Å². The molecule has 0 atom stereocenters. The summed E-state index contributed by atoms with van der Waals surface area (Å²) in [6.45, 7) is 5.81. The van der Waals surface area contributed by atoms with Gasteiger partial charge < -0.3 is 9.47 Å². The average molecular weight is 405 g/mol. The largest absolute Gasteiger partial charge is 0.465 e. The quantitative estimate of drug-likeness (QED) is 0.281. The van der Waals surface area contributed by atoms with Crippen LogP contribution in [0.4, 0.5) is 0 Å². The van der Waals surface area contributed by atoms with Crippen LogP contribution in [0.25, 0.3) is 11.1 Å². The van der Waals surface area contributed by atoms with E-state index in [9.17, 15) is 4.79 Å². The molecular weight excluding hydrogens is 372 g/mol. The third-order valence-electron chi connectivity index (χ3n) is 5.55. The lowest BCUT2D eigenvalue weighted by atomic mass is 10.0. The first-order valence-corrected chi connectivity index (χ1v) is 10.9. The highest BCUT2D eigenvalue weighted by Crippen LogP contribution is 2.34. The lowest BCUT2D eigenvalue weighted by Gasteiger charge is -2.05. The molecule has 0 heterocycles. The number of carbonyl (C=O) groups excluding carboxylic acids is 1. The van der Waals surface area contributed by atoms with Crippen molar-refractivity contribution in [2.24, 2.45) is 0 Å². The maximum atomic E-state index is 12.3. The summed E-state index contributed by atoms with van der Waals surface area (Å²) >= 11 is 0. The van der Waals surface area contributed by atoms with Crippen LogP contribution in [0.1, 0.15) is 66.1 Å². The Bertz CT molecular complexity index is 915. The van der Waals surface area contributed by atoms with Gasteiger partial charge in [-0.05, 0) is 59.1 Å². The summed E-state index contributed by atoms with van der Waals surface area (Å²) < 4.78 is 10.8. The van der Waals surface area contributed by atoms with Gasteiger partial charge in [0, 0.05) is 6.61 Å². The summed E-state index contributed by atoms with van der Waals surface area (Å²) in [5.74, 6) is 0.181. The molecule has 0 bridgehead atoms. The van der Waals surface area contributed by atoms with Crippen LogP contribution in [-0.2, 0) is 22.5 Å². The van der Waals surface area contributed by atoms with Crippen molar-refractivity contribution in [3.63, 3.8) is 0 Å². The zero-order valence-corrected chi connectivity index (χ0v) is 18.3. The minimum atomic E-state index is -0.266. The highest BCUT2D eigenvalue weighted by Gasteiger charge is 2.20. The van der Waals surface area contributed by atoms with E-state index in [2.05, 4.69) is 50.2 Å². The van der Waals surface area contributed by atoms with Gasteiger partial charge in [0.25, 0.3) is 0 Å². The van der Waals surface area contributed by atoms with Crippen molar-refractivity contribution in [3.8, 4) is 11.1 Å². The Morgan fingerprint density at radius 1 is 0.900 bits per heavy atom. The second-order valence-corrected chi connectivity index (χ2v) is 8.07. The van der Waals surface area contributed by atoms with Gasteiger partial charge in [-0.2, -0.15) is 0 Å². The summed E-state index contributed by atoms with van der Waals surface area (Å²) in [5, 5.41) is 0. The fourth-order valence-electron chi connectivity index (χ4n) is 3.77. The first-order valence-electron chi connectivity index (χ1n) is 10.9. The number of methoxy groups -OCH3 is 1. The molecule has 0 amide bonds. The molecule has 0 saturated carbocycles. The fraction of sp³-hybridized carbons (Fsp3) is 0.370. The molecule has 158 valence electrons. The van der Waals surface area contributed by atoms with E-state index in [-0.39, 0.29) is 5.97 Å². The monoisotopic (exact) mass is 404 g/mol. The Morgan fingerprint density at radius 2 is 1.63 bits per heavy atom. The van der Waals surface area contributed by atoms with Crippen LogP contribution in [-0.4, -0.2) is 19.7 Å². The van der Waals surface area contributed by atoms with Crippen LogP contribution < -0.4 is 0 Å². The predicted molar refractivity (Wildman–Crippen MR) is 122 cm³/mol. The summed E-state index contributed by atoms with van der Waals surface area (Å²) in [6, 6.07) is 20.8. The first kappa shape index (κ1) is 22.0. The molecule has 0 saturated heterocycles. The third-order valence-corrected chi connectivity index (χ3v) is 5.55. The van der Waals surface area contributed by atoms with Crippen molar-refractivity contribution >= 4 is 5.97 Å². The fourth-order valence-corrected chi connectivity index (χ4v) is 3.77. The number of carbonyl (C=O) groups is 1. The normalized spacial score (nSPS) is 11.2. The van der Waals surface area contributed by atoms with E-state index in [1.807, 2.05) is 24.3 Å². The molecule has 30 heavy (non-hydrogen) atoms. The summed E-state index contributed by atoms with van der Waals surface area (Å²) in [4.78, 5) is 12.3. The molecule has 3 rings (SSSR count). The summed E-state index contributed by atoms with van der Waals surface area (Å²) in [5.41, 5.74) is 6.51. The maximum absolute atomic E-state index is 12.3. The Kier molecular flexibility index (Phi) is 8.04. The zero-order valence-electron chi connectivity index (χ0n) is 18.3. The van der Waals surface area contributed by atoms with Crippen LogP contribution in [0.2, 0.25) is 0 Å². The van der Waals surface area contributed by atoms with Gasteiger partial charge in [0.2, 0.25) is 0 Å². The minimum Gasteiger partial charge on any atom is -0.465 e. The molecule has 0 aliphatic heterocycles. The number of hydrogen-bond acceptors (Lipinski definition) is 3. The van der Waals surface area contributed by atoms with E-state index in [4.69, 9.17) is 9.47 Å². The molecule has 3 heteroatoms. The van der Waals surface area contributed by atoms with E-state index < -0.39 is 0 Å². The molecule has 0 spiro atoms. The van der Waals surface area contributed by atoms with Gasteiger partial charge in [-0.25, -0.2) is 4.79 Å².